The van der Waals surface area contributed by atoms with E-state index in [1.165, 1.54) is 0 Å². The highest BCUT2D eigenvalue weighted by Crippen LogP contribution is 2.15. The van der Waals surface area contributed by atoms with E-state index in [1.54, 1.807) is 6.07 Å². The molecule has 1 aliphatic heterocycles. The number of hydrogen-bond donors (Lipinski definition) is 2. The number of ether oxygens (including phenoxy) is 1. The highest BCUT2D eigenvalue weighted by Gasteiger charge is 2.11. The fraction of sp³-hybridized carbons (Fsp3) is 0.474. The van der Waals surface area contributed by atoms with Gasteiger partial charge in [-0.3, -0.25) is 14.7 Å². The maximum atomic E-state index is 11.9. The molecule has 2 N–H and O–H groups in total. The lowest BCUT2D eigenvalue weighted by Gasteiger charge is -2.26. The lowest BCUT2D eigenvalue weighted by Crippen LogP contribution is -2.37. The molecule has 0 unspecified atom stereocenters. The number of aromatic nitrogens is 2. The number of aryl methyl sites for hydroxylation is 1. The number of hydrogen-bond acceptors (Lipinski definition) is 5. The monoisotopic (exact) mass is 342 g/mol. The molecule has 2 heterocycles. The lowest BCUT2D eigenvalue weighted by molar-refractivity contribution is 0.0374. The van der Waals surface area contributed by atoms with Crippen molar-refractivity contribution in [2.24, 2.45) is 0 Å². The van der Waals surface area contributed by atoms with Gasteiger partial charge < -0.3 is 10.1 Å². The summed E-state index contributed by atoms with van der Waals surface area (Å²) in [5.41, 5.74) is 1.88. The first-order chi connectivity index (χ1) is 12.2. The van der Waals surface area contributed by atoms with Gasteiger partial charge in [0.25, 0.3) is 5.56 Å². The molecule has 0 radical (unpaired) electrons. The normalized spacial score (nSPS) is 16.5. The highest BCUT2D eigenvalue weighted by molar-refractivity contribution is 5.31. The minimum Gasteiger partial charge on any atom is -0.379 e. The fourth-order valence-electron chi connectivity index (χ4n) is 3.04. The van der Waals surface area contributed by atoms with Crippen LogP contribution in [0.25, 0.3) is 0 Å². The zero-order chi connectivity index (χ0) is 17.5. The quantitative estimate of drug-likeness (QED) is 0.807. The topological polar surface area (TPSA) is 70.2 Å². The predicted molar refractivity (Wildman–Crippen MR) is 98.9 cm³/mol. The summed E-state index contributed by atoms with van der Waals surface area (Å²) in [6, 6.07) is 11.8. The minimum atomic E-state index is -0.112. The number of morpholine rings is 1. The maximum Gasteiger partial charge on any atom is 0.252 e. The number of anilines is 1. The molecule has 25 heavy (non-hydrogen) atoms. The van der Waals surface area contributed by atoms with Crippen molar-refractivity contribution >= 4 is 5.95 Å². The molecule has 6 heteroatoms. The zero-order valence-electron chi connectivity index (χ0n) is 14.7. The molecule has 0 bridgehead atoms. The van der Waals surface area contributed by atoms with E-state index < -0.39 is 0 Å². The van der Waals surface area contributed by atoms with Gasteiger partial charge in [0, 0.05) is 24.8 Å². The summed E-state index contributed by atoms with van der Waals surface area (Å²) >= 11 is 0. The molecule has 1 aromatic heterocycles. The summed E-state index contributed by atoms with van der Waals surface area (Å²) in [5.74, 6) is 0.533. The van der Waals surface area contributed by atoms with Crippen LogP contribution < -0.4 is 10.9 Å². The van der Waals surface area contributed by atoms with Crippen molar-refractivity contribution < 1.29 is 4.74 Å². The van der Waals surface area contributed by atoms with Crippen LogP contribution in [0.3, 0.4) is 0 Å². The minimum absolute atomic E-state index is 0.0768. The van der Waals surface area contributed by atoms with E-state index in [-0.39, 0.29) is 11.6 Å². The first-order valence-corrected chi connectivity index (χ1v) is 8.92. The van der Waals surface area contributed by atoms with Gasteiger partial charge in [0.15, 0.2) is 0 Å². The molecule has 3 rings (SSSR count). The summed E-state index contributed by atoms with van der Waals surface area (Å²) < 4.78 is 5.36. The van der Waals surface area contributed by atoms with E-state index in [4.69, 9.17) is 4.74 Å². The highest BCUT2D eigenvalue weighted by atomic mass is 16.5. The second-order valence-corrected chi connectivity index (χ2v) is 6.42. The van der Waals surface area contributed by atoms with Gasteiger partial charge in [-0.25, -0.2) is 4.98 Å². The molecule has 6 nitrogen and oxygen atoms in total. The van der Waals surface area contributed by atoms with E-state index in [2.05, 4.69) is 39.2 Å². The molecule has 134 valence electrons. The number of rotatable bonds is 7. The van der Waals surface area contributed by atoms with Crippen LogP contribution in [0.1, 0.15) is 30.6 Å². The Morgan fingerprint density at radius 1 is 1.28 bits per heavy atom. The SMILES string of the molecule is C[C@H](Nc1nc(CCCN2CCOCC2)cc(=O)[nH]1)c1ccccc1. The third-order valence-corrected chi connectivity index (χ3v) is 4.46. The van der Waals surface area contributed by atoms with Crippen LogP contribution in [0.4, 0.5) is 5.95 Å². The molecular weight excluding hydrogens is 316 g/mol. The Balaban J connectivity index is 1.57. The van der Waals surface area contributed by atoms with Crippen molar-refractivity contribution in [2.75, 3.05) is 38.2 Å². The van der Waals surface area contributed by atoms with E-state index >= 15 is 0 Å². The average molecular weight is 342 g/mol. The molecule has 1 aromatic carbocycles. The largest absolute Gasteiger partial charge is 0.379 e. The molecule has 0 spiro atoms. The lowest BCUT2D eigenvalue weighted by atomic mass is 10.1. The Labute approximate surface area is 148 Å². The maximum absolute atomic E-state index is 11.9. The standard InChI is InChI=1S/C19H26N4O2/c1-15(16-6-3-2-4-7-16)20-19-21-17(14-18(24)22-19)8-5-9-23-10-12-25-13-11-23/h2-4,6-7,14-15H,5,8-13H2,1H3,(H2,20,21,22,24)/t15-/m0/s1. The molecule has 0 aliphatic carbocycles. The van der Waals surface area contributed by atoms with Gasteiger partial charge in [0.2, 0.25) is 5.95 Å². The van der Waals surface area contributed by atoms with Crippen LogP contribution in [-0.4, -0.2) is 47.7 Å². The van der Waals surface area contributed by atoms with Crippen LogP contribution in [0.15, 0.2) is 41.2 Å². The van der Waals surface area contributed by atoms with Crippen molar-refractivity contribution in [3.8, 4) is 0 Å². The third-order valence-electron chi connectivity index (χ3n) is 4.46. The first kappa shape index (κ1) is 17.6. The fourth-order valence-corrected chi connectivity index (χ4v) is 3.04. The van der Waals surface area contributed by atoms with Crippen molar-refractivity contribution in [1.29, 1.82) is 0 Å². The second-order valence-electron chi connectivity index (χ2n) is 6.42. The molecular formula is C19H26N4O2. The van der Waals surface area contributed by atoms with Crippen LogP contribution in [0.5, 0.6) is 0 Å². The van der Waals surface area contributed by atoms with Crippen molar-refractivity contribution in [3.05, 3.63) is 58.0 Å². The number of benzene rings is 1. The summed E-state index contributed by atoms with van der Waals surface area (Å²) in [4.78, 5) is 21.7. The molecule has 0 amide bonds. The van der Waals surface area contributed by atoms with Gasteiger partial charge in [0.05, 0.1) is 19.3 Å². The Bertz CT molecular complexity index is 711. The number of H-pyrrole nitrogens is 1. The van der Waals surface area contributed by atoms with E-state index in [0.29, 0.717) is 5.95 Å². The number of nitrogens with one attached hydrogen (secondary N) is 2. The van der Waals surface area contributed by atoms with E-state index in [9.17, 15) is 4.79 Å². The van der Waals surface area contributed by atoms with Crippen LogP contribution in [-0.2, 0) is 11.2 Å². The van der Waals surface area contributed by atoms with Gasteiger partial charge in [-0.1, -0.05) is 30.3 Å². The van der Waals surface area contributed by atoms with E-state index in [0.717, 1.165) is 56.9 Å². The average Bonchev–Trinajstić information content (AvgIpc) is 2.63. The van der Waals surface area contributed by atoms with Crippen molar-refractivity contribution in [3.63, 3.8) is 0 Å². The van der Waals surface area contributed by atoms with Gasteiger partial charge >= 0.3 is 0 Å². The molecule has 1 saturated heterocycles. The number of aromatic amines is 1. The van der Waals surface area contributed by atoms with Gasteiger partial charge in [-0.15, -0.1) is 0 Å². The summed E-state index contributed by atoms with van der Waals surface area (Å²) in [5, 5.41) is 3.29. The Kier molecular flexibility index (Phi) is 6.19. The predicted octanol–water partition coefficient (Wildman–Crippen LogP) is 2.21. The smallest absolute Gasteiger partial charge is 0.252 e. The molecule has 1 fully saturated rings. The first-order valence-electron chi connectivity index (χ1n) is 8.92. The van der Waals surface area contributed by atoms with Gasteiger partial charge in [0.1, 0.15) is 0 Å². The van der Waals surface area contributed by atoms with Crippen LogP contribution >= 0.6 is 0 Å². The van der Waals surface area contributed by atoms with Crippen LogP contribution in [0, 0.1) is 0 Å². The molecule has 1 atom stereocenters. The summed E-state index contributed by atoms with van der Waals surface area (Å²) in [6.07, 6.45) is 1.79. The summed E-state index contributed by atoms with van der Waals surface area (Å²) in [6.45, 7) is 6.68. The molecule has 0 saturated carbocycles. The van der Waals surface area contributed by atoms with Crippen LogP contribution in [0.2, 0.25) is 0 Å². The third kappa shape index (κ3) is 5.41. The van der Waals surface area contributed by atoms with Gasteiger partial charge in [-0.2, -0.15) is 0 Å². The second kappa shape index (κ2) is 8.78. The van der Waals surface area contributed by atoms with Crippen molar-refractivity contribution in [1.82, 2.24) is 14.9 Å². The Hall–Kier alpha value is -2.18. The number of nitrogens with zero attached hydrogens (tertiary/aromatic N) is 2. The van der Waals surface area contributed by atoms with Crippen molar-refractivity contribution in [2.45, 2.75) is 25.8 Å². The van der Waals surface area contributed by atoms with Gasteiger partial charge in [-0.05, 0) is 31.9 Å². The summed E-state index contributed by atoms with van der Waals surface area (Å²) in [7, 11) is 0. The Morgan fingerprint density at radius 2 is 2.04 bits per heavy atom. The van der Waals surface area contributed by atoms with E-state index in [1.807, 2.05) is 18.2 Å². The Morgan fingerprint density at radius 3 is 2.80 bits per heavy atom. The molecule has 1 aliphatic rings. The zero-order valence-corrected chi connectivity index (χ0v) is 14.7. The molecule has 2 aromatic rings.